The molecule has 1 N–H and O–H groups in total. The molecular formula is C6H9N3O3. The van der Waals surface area contributed by atoms with Crippen LogP contribution < -0.4 is 4.84 Å². The summed E-state index contributed by atoms with van der Waals surface area (Å²) < 4.78 is 0. The van der Waals surface area contributed by atoms with Gasteiger partial charge in [0.1, 0.15) is 12.8 Å². The molecule has 0 saturated carbocycles. The van der Waals surface area contributed by atoms with Gasteiger partial charge in [0.15, 0.2) is 5.69 Å². The molecule has 0 fully saturated rings. The number of hydrogen-bond acceptors (Lipinski definition) is 4. The molecule has 1 heterocycles. The standard InChI is InChI=1S/C6H9N3O3/c1-2-3-12-9-4-5(6(10)11)7-8-9/h4H,2-3H2,1H3,(H,10,11). The Balaban J connectivity index is 2.58. The Bertz CT molecular complexity index is 271. The molecule has 12 heavy (non-hydrogen) atoms. The molecule has 0 aliphatic heterocycles. The van der Waals surface area contributed by atoms with Crippen LogP contribution in [0.2, 0.25) is 0 Å². The number of carbonyl (C=O) groups is 1. The SMILES string of the molecule is CCCOn1cc(C(=O)O)nn1. The highest BCUT2D eigenvalue weighted by Crippen LogP contribution is 1.90. The number of nitrogens with zero attached hydrogens (tertiary/aromatic N) is 3. The summed E-state index contributed by atoms with van der Waals surface area (Å²) in [5, 5.41) is 15.2. The lowest BCUT2D eigenvalue weighted by atomic mass is 10.5. The van der Waals surface area contributed by atoms with Crippen LogP contribution in [0.5, 0.6) is 0 Å². The molecule has 0 amide bonds. The van der Waals surface area contributed by atoms with Crippen molar-refractivity contribution in [2.75, 3.05) is 6.61 Å². The second-order valence-corrected chi connectivity index (χ2v) is 2.14. The third kappa shape index (κ3) is 1.94. The first-order chi connectivity index (χ1) is 5.74. The maximum Gasteiger partial charge on any atom is 0.358 e. The van der Waals surface area contributed by atoms with Crippen LogP contribution >= 0.6 is 0 Å². The summed E-state index contributed by atoms with van der Waals surface area (Å²) in [6.07, 6.45) is 2.06. The minimum absolute atomic E-state index is 0.119. The van der Waals surface area contributed by atoms with Crippen molar-refractivity contribution in [2.24, 2.45) is 0 Å². The highest BCUT2D eigenvalue weighted by Gasteiger charge is 2.07. The molecule has 6 nitrogen and oxygen atoms in total. The molecule has 1 aromatic heterocycles. The quantitative estimate of drug-likeness (QED) is 0.679. The van der Waals surface area contributed by atoms with E-state index in [9.17, 15) is 4.79 Å². The van der Waals surface area contributed by atoms with E-state index in [4.69, 9.17) is 9.94 Å². The van der Waals surface area contributed by atoms with E-state index < -0.39 is 5.97 Å². The minimum atomic E-state index is -1.11. The van der Waals surface area contributed by atoms with Gasteiger partial charge in [-0.2, -0.15) is 0 Å². The van der Waals surface area contributed by atoms with Crippen molar-refractivity contribution < 1.29 is 14.7 Å². The van der Waals surface area contributed by atoms with E-state index in [-0.39, 0.29) is 5.69 Å². The lowest BCUT2D eigenvalue weighted by Crippen LogP contribution is -2.12. The molecule has 0 aliphatic carbocycles. The van der Waals surface area contributed by atoms with Crippen molar-refractivity contribution >= 4 is 5.97 Å². The van der Waals surface area contributed by atoms with Gasteiger partial charge in [-0.3, -0.25) is 0 Å². The van der Waals surface area contributed by atoms with Crippen LogP contribution in [0.15, 0.2) is 6.20 Å². The van der Waals surface area contributed by atoms with Gasteiger partial charge in [0, 0.05) is 0 Å². The van der Waals surface area contributed by atoms with E-state index >= 15 is 0 Å². The minimum Gasteiger partial charge on any atom is -0.476 e. The summed E-state index contributed by atoms with van der Waals surface area (Å²) in [6, 6.07) is 0. The van der Waals surface area contributed by atoms with Gasteiger partial charge in [-0.15, -0.1) is 5.10 Å². The third-order valence-corrected chi connectivity index (χ3v) is 1.12. The molecule has 6 heteroatoms. The van der Waals surface area contributed by atoms with Crippen molar-refractivity contribution in [1.82, 2.24) is 15.2 Å². The fourth-order valence-electron chi connectivity index (χ4n) is 0.594. The number of carboxylic acid groups (broad SMARTS) is 1. The second-order valence-electron chi connectivity index (χ2n) is 2.14. The van der Waals surface area contributed by atoms with Crippen molar-refractivity contribution in [2.45, 2.75) is 13.3 Å². The second kappa shape index (κ2) is 3.70. The lowest BCUT2D eigenvalue weighted by Gasteiger charge is -1.98. The fraction of sp³-hybridized carbons (Fsp3) is 0.500. The molecule has 0 aromatic carbocycles. The van der Waals surface area contributed by atoms with E-state index in [1.165, 1.54) is 6.20 Å². The van der Waals surface area contributed by atoms with E-state index in [0.717, 1.165) is 11.3 Å². The Morgan fingerprint density at radius 1 is 1.83 bits per heavy atom. The zero-order valence-corrected chi connectivity index (χ0v) is 6.60. The molecule has 66 valence electrons. The molecule has 1 aromatic rings. The molecule has 0 bridgehead atoms. The Morgan fingerprint density at radius 3 is 3.08 bits per heavy atom. The van der Waals surface area contributed by atoms with Crippen molar-refractivity contribution in [3.63, 3.8) is 0 Å². The number of aromatic carboxylic acids is 1. The van der Waals surface area contributed by atoms with Gasteiger partial charge >= 0.3 is 5.97 Å². The Hall–Kier alpha value is -1.59. The molecule has 0 spiro atoms. The summed E-state index contributed by atoms with van der Waals surface area (Å²) >= 11 is 0. The molecule has 1 rings (SSSR count). The smallest absolute Gasteiger partial charge is 0.358 e. The highest BCUT2D eigenvalue weighted by atomic mass is 16.7. The lowest BCUT2D eigenvalue weighted by molar-refractivity contribution is 0.0685. The third-order valence-electron chi connectivity index (χ3n) is 1.12. The van der Waals surface area contributed by atoms with E-state index in [1.807, 2.05) is 6.92 Å². The van der Waals surface area contributed by atoms with Gasteiger partial charge in [0.2, 0.25) is 0 Å². The van der Waals surface area contributed by atoms with Gasteiger partial charge < -0.3 is 9.94 Å². The molecule has 0 atom stereocenters. The molecular weight excluding hydrogens is 162 g/mol. The van der Waals surface area contributed by atoms with Crippen LogP contribution in [0.25, 0.3) is 0 Å². The highest BCUT2D eigenvalue weighted by molar-refractivity contribution is 5.84. The van der Waals surface area contributed by atoms with Gasteiger partial charge in [-0.05, 0) is 11.6 Å². The van der Waals surface area contributed by atoms with E-state index in [1.54, 1.807) is 0 Å². The van der Waals surface area contributed by atoms with Gasteiger partial charge in [-0.25, -0.2) is 4.79 Å². The first-order valence-electron chi connectivity index (χ1n) is 3.53. The summed E-state index contributed by atoms with van der Waals surface area (Å²) in [7, 11) is 0. The number of hydrogen-bond donors (Lipinski definition) is 1. The Labute approximate surface area is 68.7 Å². The molecule has 0 saturated heterocycles. The topological polar surface area (TPSA) is 77.2 Å². The summed E-state index contributed by atoms with van der Waals surface area (Å²) in [4.78, 5) is 16.3. The maximum absolute atomic E-state index is 10.3. The largest absolute Gasteiger partial charge is 0.476 e. The van der Waals surface area contributed by atoms with Crippen molar-refractivity contribution in [1.29, 1.82) is 0 Å². The zero-order chi connectivity index (χ0) is 8.97. The number of carboxylic acids is 1. The van der Waals surface area contributed by atoms with Crippen LogP contribution in [0, 0.1) is 0 Å². The molecule has 0 unspecified atom stereocenters. The van der Waals surface area contributed by atoms with Crippen LogP contribution in [0.3, 0.4) is 0 Å². The molecule has 0 aliphatic rings. The van der Waals surface area contributed by atoms with Crippen molar-refractivity contribution in [3.05, 3.63) is 11.9 Å². The fourth-order valence-corrected chi connectivity index (χ4v) is 0.594. The van der Waals surface area contributed by atoms with E-state index in [0.29, 0.717) is 6.61 Å². The first kappa shape index (κ1) is 8.51. The van der Waals surface area contributed by atoms with Crippen LogP contribution in [-0.2, 0) is 0 Å². The predicted octanol–water partition coefficient (Wildman–Crippen LogP) is -0.185. The Morgan fingerprint density at radius 2 is 2.58 bits per heavy atom. The van der Waals surface area contributed by atoms with Gasteiger partial charge in [-0.1, -0.05) is 11.8 Å². The first-order valence-corrected chi connectivity index (χ1v) is 3.53. The monoisotopic (exact) mass is 171 g/mol. The molecule has 0 radical (unpaired) electrons. The zero-order valence-electron chi connectivity index (χ0n) is 6.60. The normalized spacial score (nSPS) is 9.75. The van der Waals surface area contributed by atoms with Gasteiger partial charge in [0.05, 0.1) is 0 Å². The van der Waals surface area contributed by atoms with Crippen molar-refractivity contribution in [3.8, 4) is 0 Å². The average molecular weight is 171 g/mol. The summed E-state index contributed by atoms with van der Waals surface area (Å²) in [5.74, 6) is -1.11. The Kier molecular flexibility index (Phi) is 2.62. The number of rotatable bonds is 4. The predicted molar refractivity (Wildman–Crippen MR) is 38.7 cm³/mol. The number of aromatic nitrogens is 3. The van der Waals surface area contributed by atoms with E-state index in [2.05, 4.69) is 10.3 Å². The van der Waals surface area contributed by atoms with Gasteiger partial charge in [0.25, 0.3) is 0 Å². The summed E-state index contributed by atoms with van der Waals surface area (Å²) in [5.41, 5.74) is -0.119. The summed E-state index contributed by atoms with van der Waals surface area (Å²) in [6.45, 7) is 2.43. The average Bonchev–Trinajstić information content (AvgIpc) is 2.48. The maximum atomic E-state index is 10.3. The van der Waals surface area contributed by atoms with Crippen LogP contribution in [0.1, 0.15) is 23.8 Å². The van der Waals surface area contributed by atoms with Crippen LogP contribution in [0.4, 0.5) is 0 Å². The van der Waals surface area contributed by atoms with Crippen LogP contribution in [-0.4, -0.2) is 32.8 Å².